The molecule has 1 N–H and O–H groups in total. The third kappa shape index (κ3) is 2.71. The number of allylic oxidation sites excluding steroid dienone is 2. The lowest BCUT2D eigenvalue weighted by Crippen LogP contribution is -2.60. The summed E-state index contributed by atoms with van der Waals surface area (Å²) in [6.07, 6.45) is 7.94. The van der Waals surface area contributed by atoms with Gasteiger partial charge >= 0.3 is 0 Å². The summed E-state index contributed by atoms with van der Waals surface area (Å²) >= 11 is 0. The molecule has 0 bridgehead atoms. The van der Waals surface area contributed by atoms with Crippen molar-refractivity contribution in [1.82, 2.24) is 10.2 Å². The highest BCUT2D eigenvalue weighted by Crippen LogP contribution is 2.34. The predicted molar refractivity (Wildman–Crippen MR) is 97.8 cm³/mol. The van der Waals surface area contributed by atoms with Crippen LogP contribution in [0.4, 0.5) is 0 Å². The number of amides is 2. The minimum Gasteiger partial charge on any atom is -0.493 e. The van der Waals surface area contributed by atoms with E-state index in [9.17, 15) is 9.59 Å². The van der Waals surface area contributed by atoms with Crippen LogP contribution in [0, 0.1) is 6.92 Å². The van der Waals surface area contributed by atoms with Crippen LogP contribution in [0.1, 0.15) is 36.9 Å². The molecule has 1 aromatic carbocycles. The molecule has 2 amide bonds. The van der Waals surface area contributed by atoms with Gasteiger partial charge in [-0.3, -0.25) is 9.59 Å². The highest BCUT2D eigenvalue weighted by Gasteiger charge is 2.46. The molecule has 4 rings (SSSR count). The molecule has 6 heteroatoms. The Bertz CT molecular complexity index is 871. The number of carbonyl (C=O) groups excluding carboxylic acids is 2. The van der Waals surface area contributed by atoms with Crippen LogP contribution >= 0.6 is 0 Å². The summed E-state index contributed by atoms with van der Waals surface area (Å²) in [5.74, 6) is 0.847. The first kappa shape index (κ1) is 16.6. The number of hydrogen-bond donors (Lipinski definition) is 1. The lowest BCUT2D eigenvalue weighted by molar-refractivity contribution is -0.135. The summed E-state index contributed by atoms with van der Waals surface area (Å²) in [7, 11) is 0. The minimum atomic E-state index is -1.00. The van der Waals surface area contributed by atoms with E-state index in [-0.39, 0.29) is 24.3 Å². The first-order valence-corrected chi connectivity index (χ1v) is 8.77. The monoisotopic (exact) mass is 351 g/mol. The summed E-state index contributed by atoms with van der Waals surface area (Å²) in [6.45, 7) is 4.35. The van der Waals surface area contributed by atoms with Gasteiger partial charge in [-0.1, -0.05) is 23.8 Å². The third-order valence-corrected chi connectivity index (χ3v) is 5.10. The maximum atomic E-state index is 13.2. The van der Waals surface area contributed by atoms with Crippen molar-refractivity contribution in [3.05, 3.63) is 53.8 Å². The molecule has 0 saturated heterocycles. The maximum absolute atomic E-state index is 13.2. The number of benzene rings is 1. The van der Waals surface area contributed by atoms with E-state index in [0.29, 0.717) is 18.9 Å². The second-order valence-electron chi connectivity index (χ2n) is 7.09. The molecule has 26 heavy (non-hydrogen) atoms. The van der Waals surface area contributed by atoms with Gasteiger partial charge in [0.1, 0.15) is 17.1 Å². The zero-order valence-electron chi connectivity index (χ0n) is 14.9. The third-order valence-electron chi connectivity index (χ3n) is 5.10. The van der Waals surface area contributed by atoms with Gasteiger partial charge in [-0.15, -0.1) is 0 Å². The highest BCUT2D eigenvalue weighted by atomic mass is 16.5. The smallest absolute Gasteiger partial charge is 0.250 e. The van der Waals surface area contributed by atoms with Crippen LogP contribution in [0.15, 0.2) is 47.6 Å². The zero-order valence-corrected chi connectivity index (χ0v) is 14.9. The van der Waals surface area contributed by atoms with E-state index in [0.717, 1.165) is 16.9 Å². The van der Waals surface area contributed by atoms with E-state index in [1.54, 1.807) is 24.1 Å². The average Bonchev–Trinajstić information content (AvgIpc) is 2.62. The van der Waals surface area contributed by atoms with E-state index in [1.807, 2.05) is 37.3 Å². The van der Waals surface area contributed by atoms with Crippen LogP contribution in [0.5, 0.6) is 5.75 Å². The Morgan fingerprint density at radius 1 is 1.38 bits per heavy atom. The number of amidine groups is 1. The van der Waals surface area contributed by atoms with E-state index in [2.05, 4.69) is 10.3 Å². The average molecular weight is 351 g/mol. The van der Waals surface area contributed by atoms with Gasteiger partial charge in [0.2, 0.25) is 5.91 Å². The van der Waals surface area contributed by atoms with Gasteiger partial charge in [0.05, 0.1) is 19.1 Å². The van der Waals surface area contributed by atoms with E-state index in [4.69, 9.17) is 4.74 Å². The molecule has 3 aliphatic heterocycles. The lowest BCUT2D eigenvalue weighted by Gasteiger charge is -2.42. The number of fused-ring (bicyclic) bond motifs is 2. The van der Waals surface area contributed by atoms with Crippen molar-refractivity contribution in [2.45, 2.75) is 38.3 Å². The Balaban J connectivity index is 1.62. The number of nitrogens with zero attached hydrogens (tertiary/aromatic N) is 2. The molecule has 0 aromatic heterocycles. The van der Waals surface area contributed by atoms with Crippen molar-refractivity contribution in [1.29, 1.82) is 0 Å². The van der Waals surface area contributed by atoms with Gasteiger partial charge < -0.3 is 15.0 Å². The quantitative estimate of drug-likeness (QED) is 0.888. The maximum Gasteiger partial charge on any atom is 0.250 e. The summed E-state index contributed by atoms with van der Waals surface area (Å²) in [5.41, 5.74) is 1.10. The fourth-order valence-corrected chi connectivity index (χ4v) is 3.66. The molecule has 3 heterocycles. The summed E-state index contributed by atoms with van der Waals surface area (Å²) in [6, 6.07) is 5.85. The SMILES string of the molecule is Cc1ccc2c(c1)C(NC(=O)C1(C)CC(=O)N=C3C=CC=CN31)CCO2. The minimum absolute atomic E-state index is 0.0460. The molecule has 0 fully saturated rings. The lowest BCUT2D eigenvalue weighted by atomic mass is 9.89. The number of aryl methyl sites for hydroxylation is 1. The van der Waals surface area contributed by atoms with Gasteiger partial charge in [-0.05, 0) is 32.1 Å². The second kappa shape index (κ2) is 6.12. The van der Waals surface area contributed by atoms with Crippen molar-refractivity contribution in [3.8, 4) is 5.75 Å². The number of aliphatic imine (C=N–C) groups is 1. The van der Waals surface area contributed by atoms with Crippen molar-refractivity contribution < 1.29 is 14.3 Å². The van der Waals surface area contributed by atoms with Crippen LogP contribution in [0.25, 0.3) is 0 Å². The molecule has 0 spiro atoms. The summed E-state index contributed by atoms with van der Waals surface area (Å²) in [4.78, 5) is 31.1. The van der Waals surface area contributed by atoms with Gasteiger partial charge in [-0.25, -0.2) is 0 Å². The van der Waals surface area contributed by atoms with Crippen LogP contribution in [0.2, 0.25) is 0 Å². The molecule has 134 valence electrons. The molecule has 0 saturated carbocycles. The Kier molecular flexibility index (Phi) is 3.90. The molecule has 0 aliphatic carbocycles. The van der Waals surface area contributed by atoms with Crippen molar-refractivity contribution >= 4 is 17.6 Å². The van der Waals surface area contributed by atoms with Crippen LogP contribution < -0.4 is 10.1 Å². The van der Waals surface area contributed by atoms with Crippen molar-refractivity contribution in [3.63, 3.8) is 0 Å². The first-order chi connectivity index (χ1) is 12.5. The summed E-state index contributed by atoms with van der Waals surface area (Å²) in [5, 5.41) is 3.14. The molecule has 1 aromatic rings. The molecule has 0 radical (unpaired) electrons. The molecule has 2 unspecified atom stereocenters. The molecule has 6 nitrogen and oxygen atoms in total. The van der Waals surface area contributed by atoms with E-state index >= 15 is 0 Å². The largest absolute Gasteiger partial charge is 0.493 e. The first-order valence-electron chi connectivity index (χ1n) is 8.77. The van der Waals surface area contributed by atoms with Crippen LogP contribution in [0.3, 0.4) is 0 Å². The number of ether oxygens (including phenoxy) is 1. The number of nitrogens with one attached hydrogen (secondary N) is 1. The van der Waals surface area contributed by atoms with Crippen molar-refractivity contribution in [2.75, 3.05) is 6.61 Å². The molecule has 3 aliphatic rings. The van der Waals surface area contributed by atoms with Crippen LogP contribution in [-0.2, 0) is 9.59 Å². The second-order valence-corrected chi connectivity index (χ2v) is 7.09. The Hall–Kier alpha value is -2.89. The van der Waals surface area contributed by atoms with E-state index in [1.165, 1.54) is 0 Å². The fraction of sp³-hybridized carbons (Fsp3) is 0.350. The number of carbonyl (C=O) groups is 2. The Morgan fingerprint density at radius 2 is 2.23 bits per heavy atom. The van der Waals surface area contributed by atoms with Gasteiger partial charge in [0.15, 0.2) is 0 Å². The zero-order chi connectivity index (χ0) is 18.3. The van der Waals surface area contributed by atoms with Crippen molar-refractivity contribution in [2.24, 2.45) is 4.99 Å². The number of hydrogen-bond acceptors (Lipinski definition) is 4. The molecule has 2 atom stereocenters. The van der Waals surface area contributed by atoms with Crippen LogP contribution in [-0.4, -0.2) is 34.7 Å². The topological polar surface area (TPSA) is 71.0 Å². The highest BCUT2D eigenvalue weighted by molar-refractivity contribution is 6.09. The van der Waals surface area contributed by atoms with E-state index < -0.39 is 5.54 Å². The standard InChI is InChI=1S/C20H21N3O3/c1-13-6-7-16-14(11-13)15(8-10-26-16)21-19(25)20(2)12-18(24)22-17-5-3-4-9-23(17)20/h3-7,9,11,15H,8,10,12H2,1-2H3,(H,21,25). The number of rotatable bonds is 2. The van der Waals surface area contributed by atoms with Gasteiger partial charge in [0.25, 0.3) is 5.91 Å². The predicted octanol–water partition coefficient (Wildman–Crippen LogP) is 2.41. The Morgan fingerprint density at radius 3 is 3.08 bits per heavy atom. The van der Waals surface area contributed by atoms with Gasteiger partial charge in [0, 0.05) is 18.2 Å². The Labute approximate surface area is 152 Å². The summed E-state index contributed by atoms with van der Waals surface area (Å²) < 4.78 is 5.71. The van der Waals surface area contributed by atoms with Gasteiger partial charge in [-0.2, -0.15) is 4.99 Å². The molecular formula is C20H21N3O3. The normalized spacial score (nSPS) is 26.5. The molecular weight excluding hydrogens is 330 g/mol. The fourth-order valence-electron chi connectivity index (χ4n) is 3.66.